The molecule has 0 radical (unpaired) electrons. The molecule has 22 heavy (non-hydrogen) atoms. The van der Waals surface area contributed by atoms with Crippen LogP contribution in [-0.4, -0.2) is 56.3 Å². The smallest absolute Gasteiger partial charge is 0.359 e. The first kappa shape index (κ1) is 15.0. The van der Waals surface area contributed by atoms with Gasteiger partial charge in [-0.05, 0) is 18.6 Å². The highest BCUT2D eigenvalue weighted by Crippen LogP contribution is 2.37. The summed E-state index contributed by atoms with van der Waals surface area (Å²) < 4.78 is 38.2. The van der Waals surface area contributed by atoms with Crippen LogP contribution in [0.2, 0.25) is 0 Å². The number of alkyl halides is 3. The molecule has 0 bridgehead atoms. The lowest BCUT2D eigenvalue weighted by Crippen LogP contribution is -2.50. The van der Waals surface area contributed by atoms with E-state index in [1.807, 2.05) is 4.90 Å². The molecule has 0 N–H and O–H groups in total. The molecule has 3 rings (SSSR count). The van der Waals surface area contributed by atoms with Gasteiger partial charge in [-0.1, -0.05) is 12.1 Å². The molecule has 1 fully saturated rings. The molecule has 1 saturated heterocycles. The lowest BCUT2D eigenvalue weighted by molar-refractivity contribution is -0.127. The fraction of sp³-hybridized carbons (Fsp3) is 0.533. The number of hydrogen-bond acceptors (Lipinski definition) is 3. The van der Waals surface area contributed by atoms with Gasteiger partial charge in [0.25, 0.3) is 0 Å². The number of halogens is 3. The van der Waals surface area contributed by atoms with E-state index in [9.17, 15) is 18.0 Å². The van der Waals surface area contributed by atoms with Crippen LogP contribution in [0.15, 0.2) is 24.3 Å². The molecule has 7 heteroatoms. The first-order chi connectivity index (χ1) is 10.4. The van der Waals surface area contributed by atoms with Crippen LogP contribution >= 0.6 is 0 Å². The topological polar surface area (TPSA) is 26.8 Å². The van der Waals surface area contributed by atoms with Gasteiger partial charge >= 0.3 is 6.18 Å². The predicted octanol–water partition coefficient (Wildman–Crippen LogP) is 2.11. The normalized spacial score (nSPS) is 22.3. The fourth-order valence-corrected chi connectivity index (χ4v) is 3.24. The number of carbonyl (C=O) groups excluding carboxylic acids is 1. The highest BCUT2D eigenvalue weighted by atomic mass is 19.4. The zero-order valence-electron chi connectivity index (χ0n) is 12.3. The highest BCUT2D eigenvalue weighted by molar-refractivity contribution is 5.89. The molecule has 120 valence electrons. The van der Waals surface area contributed by atoms with Crippen molar-refractivity contribution >= 4 is 17.3 Å². The number of hydrogen-bond donors (Lipinski definition) is 0. The number of anilines is 2. The number of fused-ring (bicyclic) bond motifs is 1. The van der Waals surface area contributed by atoms with Crippen LogP contribution in [0, 0.1) is 0 Å². The average molecular weight is 313 g/mol. The Bertz CT molecular complexity index is 575. The minimum absolute atomic E-state index is 0.0408. The van der Waals surface area contributed by atoms with Crippen LogP contribution in [0.4, 0.5) is 24.5 Å². The van der Waals surface area contributed by atoms with E-state index in [2.05, 4.69) is 0 Å². The summed E-state index contributed by atoms with van der Waals surface area (Å²) in [6.07, 6.45) is -3.53. The lowest BCUT2D eigenvalue weighted by atomic mass is 10.1. The summed E-state index contributed by atoms with van der Waals surface area (Å²) in [6.45, 7) is 0.423. The third kappa shape index (κ3) is 2.71. The lowest BCUT2D eigenvalue weighted by Gasteiger charge is -2.41. The SMILES string of the molecule is CN1CC[C@H](N2CCN(CC(F)(F)F)c3ccccc32)C1=O. The Labute approximate surface area is 127 Å². The molecular formula is C15H18F3N3O. The minimum Gasteiger partial charge on any atom is -0.359 e. The summed E-state index contributed by atoms with van der Waals surface area (Å²) in [4.78, 5) is 17.2. The monoisotopic (exact) mass is 313 g/mol. The van der Waals surface area contributed by atoms with Crippen LogP contribution < -0.4 is 9.80 Å². The van der Waals surface area contributed by atoms with Crippen molar-refractivity contribution in [2.24, 2.45) is 0 Å². The molecule has 0 unspecified atom stereocenters. The Morgan fingerprint density at radius 1 is 1.14 bits per heavy atom. The molecule has 1 aromatic rings. The van der Waals surface area contributed by atoms with Gasteiger partial charge in [-0.25, -0.2) is 0 Å². The molecule has 0 spiro atoms. The number of rotatable bonds is 2. The second kappa shape index (κ2) is 5.37. The molecule has 1 amide bonds. The molecule has 4 nitrogen and oxygen atoms in total. The van der Waals surface area contributed by atoms with Crippen molar-refractivity contribution in [1.29, 1.82) is 0 Å². The van der Waals surface area contributed by atoms with Crippen molar-refractivity contribution in [3.8, 4) is 0 Å². The van der Waals surface area contributed by atoms with Gasteiger partial charge in [-0.15, -0.1) is 0 Å². The Kier molecular flexibility index (Phi) is 3.66. The summed E-state index contributed by atoms with van der Waals surface area (Å²) in [5.41, 5.74) is 1.26. The van der Waals surface area contributed by atoms with E-state index in [0.29, 0.717) is 30.9 Å². The van der Waals surface area contributed by atoms with Gasteiger partial charge in [0.15, 0.2) is 0 Å². The molecule has 0 saturated carbocycles. The largest absolute Gasteiger partial charge is 0.405 e. The fourth-order valence-electron chi connectivity index (χ4n) is 3.24. The molecular weight excluding hydrogens is 295 g/mol. The number of nitrogens with zero attached hydrogens (tertiary/aromatic N) is 3. The number of amides is 1. The van der Waals surface area contributed by atoms with Gasteiger partial charge in [0, 0.05) is 26.7 Å². The average Bonchev–Trinajstić information content (AvgIpc) is 2.78. The van der Waals surface area contributed by atoms with Crippen LogP contribution in [0.3, 0.4) is 0 Å². The van der Waals surface area contributed by atoms with Gasteiger partial charge < -0.3 is 14.7 Å². The first-order valence-corrected chi connectivity index (χ1v) is 7.29. The van der Waals surface area contributed by atoms with Crippen LogP contribution in [0.5, 0.6) is 0 Å². The number of likely N-dealkylation sites (tertiary alicyclic amines) is 1. The second-order valence-corrected chi connectivity index (χ2v) is 5.78. The van der Waals surface area contributed by atoms with Crippen molar-refractivity contribution in [2.75, 3.05) is 43.0 Å². The Morgan fingerprint density at radius 3 is 2.41 bits per heavy atom. The van der Waals surface area contributed by atoms with E-state index in [4.69, 9.17) is 0 Å². The van der Waals surface area contributed by atoms with Gasteiger partial charge in [-0.2, -0.15) is 13.2 Å². The van der Waals surface area contributed by atoms with Gasteiger partial charge in [0.2, 0.25) is 5.91 Å². The van der Waals surface area contributed by atoms with E-state index in [0.717, 1.165) is 0 Å². The van der Waals surface area contributed by atoms with Gasteiger partial charge in [-0.3, -0.25) is 4.79 Å². The molecule has 1 aromatic carbocycles. The van der Waals surface area contributed by atoms with E-state index in [-0.39, 0.29) is 18.5 Å². The van der Waals surface area contributed by atoms with E-state index >= 15 is 0 Å². The van der Waals surface area contributed by atoms with Crippen molar-refractivity contribution in [2.45, 2.75) is 18.6 Å². The number of benzene rings is 1. The molecule has 2 aliphatic rings. The Balaban J connectivity index is 1.90. The highest BCUT2D eigenvalue weighted by Gasteiger charge is 2.39. The minimum atomic E-state index is -4.24. The Hall–Kier alpha value is -1.92. The van der Waals surface area contributed by atoms with Crippen LogP contribution in [0.1, 0.15) is 6.42 Å². The summed E-state index contributed by atoms with van der Waals surface area (Å²) in [5, 5.41) is 0. The van der Waals surface area contributed by atoms with Crippen molar-refractivity contribution < 1.29 is 18.0 Å². The predicted molar refractivity (Wildman–Crippen MR) is 78.1 cm³/mol. The maximum Gasteiger partial charge on any atom is 0.405 e. The molecule has 0 aromatic heterocycles. The van der Waals surface area contributed by atoms with E-state index in [1.54, 1.807) is 36.2 Å². The third-order valence-corrected chi connectivity index (χ3v) is 4.29. The summed E-state index contributed by atoms with van der Waals surface area (Å²) >= 11 is 0. The Morgan fingerprint density at radius 2 is 1.82 bits per heavy atom. The molecule has 0 aliphatic carbocycles. The first-order valence-electron chi connectivity index (χ1n) is 7.29. The standard InChI is InChI=1S/C15H18F3N3O/c1-19-7-6-13(14(19)22)21-9-8-20(10-15(16,17)18)11-4-2-3-5-12(11)21/h2-5,13H,6-10H2,1H3/t13-/m0/s1. The quantitative estimate of drug-likeness (QED) is 0.837. The summed E-state index contributed by atoms with van der Waals surface area (Å²) in [5.74, 6) is 0.0408. The maximum absolute atomic E-state index is 12.7. The maximum atomic E-state index is 12.7. The van der Waals surface area contributed by atoms with Gasteiger partial charge in [0.1, 0.15) is 12.6 Å². The summed E-state index contributed by atoms with van der Waals surface area (Å²) in [6, 6.07) is 6.75. The number of carbonyl (C=O) groups is 1. The van der Waals surface area contributed by atoms with Crippen molar-refractivity contribution in [1.82, 2.24) is 4.90 Å². The molecule has 1 atom stereocenters. The second-order valence-electron chi connectivity index (χ2n) is 5.78. The van der Waals surface area contributed by atoms with E-state index < -0.39 is 12.7 Å². The van der Waals surface area contributed by atoms with Crippen LogP contribution in [0.25, 0.3) is 0 Å². The van der Waals surface area contributed by atoms with Crippen molar-refractivity contribution in [3.05, 3.63) is 24.3 Å². The van der Waals surface area contributed by atoms with Gasteiger partial charge in [0.05, 0.1) is 11.4 Å². The number of likely N-dealkylation sites (N-methyl/N-ethyl adjacent to an activating group) is 1. The van der Waals surface area contributed by atoms with Crippen molar-refractivity contribution in [3.63, 3.8) is 0 Å². The van der Waals surface area contributed by atoms with E-state index in [1.165, 1.54) is 4.90 Å². The molecule has 2 aliphatic heterocycles. The molecule has 2 heterocycles. The summed E-state index contributed by atoms with van der Waals surface area (Å²) in [7, 11) is 1.76. The van der Waals surface area contributed by atoms with Crippen LogP contribution in [-0.2, 0) is 4.79 Å². The number of para-hydroxylation sites is 2. The zero-order valence-corrected chi connectivity index (χ0v) is 12.3. The third-order valence-electron chi connectivity index (χ3n) is 4.29. The zero-order chi connectivity index (χ0) is 15.9.